The van der Waals surface area contributed by atoms with E-state index < -0.39 is 0 Å². The summed E-state index contributed by atoms with van der Waals surface area (Å²) in [5.41, 5.74) is 2.04. The fourth-order valence-corrected chi connectivity index (χ4v) is 2.57. The van der Waals surface area contributed by atoms with Gasteiger partial charge in [-0.3, -0.25) is 9.69 Å². The van der Waals surface area contributed by atoms with Crippen LogP contribution in [0.15, 0.2) is 24.3 Å². The Labute approximate surface area is 127 Å². The van der Waals surface area contributed by atoms with Crippen LogP contribution in [0.5, 0.6) is 0 Å². The highest BCUT2D eigenvalue weighted by atomic mass is 16.1. The summed E-state index contributed by atoms with van der Waals surface area (Å²) in [7, 11) is 0. The van der Waals surface area contributed by atoms with Gasteiger partial charge in [-0.05, 0) is 24.1 Å². The molecule has 1 aromatic rings. The van der Waals surface area contributed by atoms with Crippen molar-refractivity contribution in [2.45, 2.75) is 32.7 Å². The maximum atomic E-state index is 12.0. The van der Waals surface area contributed by atoms with Crippen LogP contribution in [-0.4, -0.2) is 43.5 Å². The Bertz CT molecular complexity index is 424. The van der Waals surface area contributed by atoms with E-state index in [4.69, 9.17) is 0 Å². The molecule has 1 aliphatic rings. The molecule has 4 heteroatoms. The van der Waals surface area contributed by atoms with Gasteiger partial charge in [0.15, 0.2) is 0 Å². The average Bonchev–Trinajstić information content (AvgIpc) is 2.53. The predicted molar refractivity (Wildman–Crippen MR) is 86.4 cm³/mol. The Morgan fingerprint density at radius 1 is 1.19 bits per heavy atom. The zero-order valence-corrected chi connectivity index (χ0v) is 13.0. The lowest BCUT2D eigenvalue weighted by Crippen LogP contribution is -2.42. The van der Waals surface area contributed by atoms with Gasteiger partial charge in [-0.1, -0.05) is 31.9 Å². The molecule has 0 bridgehead atoms. The summed E-state index contributed by atoms with van der Waals surface area (Å²) in [5.74, 6) is 0.0415. The van der Waals surface area contributed by atoms with Crippen LogP contribution in [0.2, 0.25) is 0 Å². The quantitative estimate of drug-likeness (QED) is 0.755. The Hall–Kier alpha value is -1.39. The molecular formula is C17H27N3O. The Morgan fingerprint density at radius 3 is 2.57 bits per heavy atom. The van der Waals surface area contributed by atoms with Crippen molar-refractivity contribution in [3.05, 3.63) is 35.4 Å². The molecule has 0 spiro atoms. The third-order valence-electron chi connectivity index (χ3n) is 3.90. The number of unbranched alkanes of at least 4 members (excludes halogenated alkanes) is 2. The van der Waals surface area contributed by atoms with Gasteiger partial charge in [-0.2, -0.15) is 0 Å². The maximum Gasteiger partial charge on any atom is 0.251 e. The lowest BCUT2D eigenvalue weighted by molar-refractivity contribution is 0.0953. The number of hydrogen-bond acceptors (Lipinski definition) is 3. The Kier molecular flexibility index (Phi) is 6.70. The first-order valence-electron chi connectivity index (χ1n) is 8.10. The van der Waals surface area contributed by atoms with E-state index in [0.717, 1.165) is 51.3 Å². The molecule has 4 nitrogen and oxygen atoms in total. The summed E-state index contributed by atoms with van der Waals surface area (Å²) in [6, 6.07) is 8.02. The van der Waals surface area contributed by atoms with Gasteiger partial charge in [-0.15, -0.1) is 0 Å². The number of amides is 1. The molecule has 1 amide bonds. The van der Waals surface area contributed by atoms with Gasteiger partial charge in [0.25, 0.3) is 5.91 Å². The van der Waals surface area contributed by atoms with E-state index in [1.165, 1.54) is 18.4 Å². The molecule has 2 rings (SSSR count). The smallest absolute Gasteiger partial charge is 0.251 e. The fourth-order valence-electron chi connectivity index (χ4n) is 2.57. The van der Waals surface area contributed by atoms with Gasteiger partial charge in [-0.25, -0.2) is 0 Å². The number of piperazine rings is 1. The number of rotatable bonds is 7. The van der Waals surface area contributed by atoms with E-state index in [1.54, 1.807) is 0 Å². The second kappa shape index (κ2) is 8.80. The van der Waals surface area contributed by atoms with E-state index in [-0.39, 0.29) is 5.91 Å². The van der Waals surface area contributed by atoms with Gasteiger partial charge < -0.3 is 10.6 Å². The minimum atomic E-state index is 0.0415. The number of hydrogen-bond donors (Lipinski definition) is 2. The lowest BCUT2D eigenvalue weighted by Gasteiger charge is -2.27. The van der Waals surface area contributed by atoms with Gasteiger partial charge in [0.05, 0.1) is 0 Å². The highest BCUT2D eigenvalue weighted by molar-refractivity contribution is 5.94. The van der Waals surface area contributed by atoms with Crippen molar-refractivity contribution in [2.24, 2.45) is 0 Å². The normalized spacial score (nSPS) is 15.9. The summed E-state index contributed by atoms with van der Waals surface area (Å²) in [5, 5.41) is 6.34. The average molecular weight is 289 g/mol. The van der Waals surface area contributed by atoms with Crippen molar-refractivity contribution < 1.29 is 4.79 Å². The molecule has 0 saturated carbocycles. The van der Waals surface area contributed by atoms with E-state index in [0.29, 0.717) is 0 Å². The first-order chi connectivity index (χ1) is 10.3. The van der Waals surface area contributed by atoms with Crippen LogP contribution in [0.4, 0.5) is 0 Å². The Balaban J connectivity index is 1.79. The second-order valence-corrected chi connectivity index (χ2v) is 5.69. The molecule has 1 heterocycles. The third kappa shape index (κ3) is 5.48. The van der Waals surface area contributed by atoms with Crippen LogP contribution < -0.4 is 10.6 Å². The van der Waals surface area contributed by atoms with Gasteiger partial charge in [0, 0.05) is 44.8 Å². The zero-order chi connectivity index (χ0) is 14.9. The van der Waals surface area contributed by atoms with Crippen molar-refractivity contribution in [1.29, 1.82) is 0 Å². The van der Waals surface area contributed by atoms with Gasteiger partial charge >= 0.3 is 0 Å². The molecule has 0 aliphatic carbocycles. The topological polar surface area (TPSA) is 44.4 Å². The van der Waals surface area contributed by atoms with Crippen LogP contribution in [0.25, 0.3) is 0 Å². The van der Waals surface area contributed by atoms with E-state index >= 15 is 0 Å². The third-order valence-corrected chi connectivity index (χ3v) is 3.90. The second-order valence-electron chi connectivity index (χ2n) is 5.69. The molecule has 0 aromatic heterocycles. The van der Waals surface area contributed by atoms with Crippen molar-refractivity contribution in [3.8, 4) is 0 Å². The SMILES string of the molecule is CCCCCNC(=O)c1ccc(CN2CCNCC2)cc1. The number of nitrogens with zero attached hydrogens (tertiary/aromatic N) is 1. The first-order valence-corrected chi connectivity index (χ1v) is 8.10. The summed E-state index contributed by atoms with van der Waals surface area (Å²) < 4.78 is 0. The van der Waals surface area contributed by atoms with Crippen molar-refractivity contribution in [1.82, 2.24) is 15.5 Å². The standard InChI is InChI=1S/C17H27N3O/c1-2-3-4-9-19-17(21)16-7-5-15(6-8-16)14-20-12-10-18-11-13-20/h5-8,18H,2-4,9-14H2,1H3,(H,19,21). The van der Waals surface area contributed by atoms with E-state index in [2.05, 4.69) is 34.6 Å². The fraction of sp³-hybridized carbons (Fsp3) is 0.588. The molecule has 116 valence electrons. The molecule has 1 aromatic carbocycles. The monoisotopic (exact) mass is 289 g/mol. The van der Waals surface area contributed by atoms with Crippen molar-refractivity contribution in [3.63, 3.8) is 0 Å². The van der Waals surface area contributed by atoms with Gasteiger partial charge in [0.1, 0.15) is 0 Å². The number of nitrogens with one attached hydrogen (secondary N) is 2. The van der Waals surface area contributed by atoms with E-state index in [9.17, 15) is 4.79 Å². The molecule has 1 saturated heterocycles. The molecular weight excluding hydrogens is 262 g/mol. The minimum absolute atomic E-state index is 0.0415. The van der Waals surface area contributed by atoms with Crippen molar-refractivity contribution in [2.75, 3.05) is 32.7 Å². The number of carbonyl (C=O) groups excluding carboxylic acids is 1. The van der Waals surface area contributed by atoms with Crippen LogP contribution in [0.1, 0.15) is 42.1 Å². The summed E-state index contributed by atoms with van der Waals surface area (Å²) in [6.45, 7) is 8.24. The summed E-state index contributed by atoms with van der Waals surface area (Å²) in [4.78, 5) is 14.4. The molecule has 2 N–H and O–H groups in total. The van der Waals surface area contributed by atoms with E-state index in [1.807, 2.05) is 12.1 Å². The highest BCUT2D eigenvalue weighted by Gasteiger charge is 2.10. The van der Waals surface area contributed by atoms with Crippen molar-refractivity contribution >= 4 is 5.91 Å². The van der Waals surface area contributed by atoms with Gasteiger partial charge in [0.2, 0.25) is 0 Å². The lowest BCUT2D eigenvalue weighted by atomic mass is 10.1. The number of benzene rings is 1. The molecule has 0 unspecified atom stereocenters. The largest absolute Gasteiger partial charge is 0.352 e. The first kappa shape index (κ1) is 16.0. The Morgan fingerprint density at radius 2 is 1.90 bits per heavy atom. The molecule has 0 radical (unpaired) electrons. The van der Waals surface area contributed by atoms with Crippen LogP contribution in [0.3, 0.4) is 0 Å². The van der Waals surface area contributed by atoms with Crippen LogP contribution in [0, 0.1) is 0 Å². The molecule has 21 heavy (non-hydrogen) atoms. The summed E-state index contributed by atoms with van der Waals surface area (Å²) in [6.07, 6.45) is 3.41. The van der Waals surface area contributed by atoms with Crippen LogP contribution in [-0.2, 0) is 6.54 Å². The molecule has 1 aliphatic heterocycles. The molecule has 1 fully saturated rings. The zero-order valence-electron chi connectivity index (χ0n) is 13.0. The minimum Gasteiger partial charge on any atom is -0.352 e. The summed E-state index contributed by atoms with van der Waals surface area (Å²) >= 11 is 0. The number of carbonyl (C=O) groups is 1. The molecule has 0 atom stereocenters. The highest BCUT2D eigenvalue weighted by Crippen LogP contribution is 2.08. The van der Waals surface area contributed by atoms with Crippen LogP contribution >= 0.6 is 0 Å². The maximum absolute atomic E-state index is 12.0. The predicted octanol–water partition coefficient (Wildman–Crippen LogP) is 2.01.